The Hall–Kier alpha value is -3.13. The lowest BCUT2D eigenvalue weighted by Crippen LogP contribution is -2.16. The number of hydrogen-bond donors (Lipinski definition) is 1. The maximum atomic E-state index is 12.7. The molecule has 1 aliphatic carbocycles. The number of anilines is 1. The third-order valence-electron chi connectivity index (χ3n) is 6.02. The number of aryl methyl sites for hydroxylation is 1. The molecule has 1 amide bonds. The largest absolute Gasteiger partial charge is 0.441 e. The van der Waals surface area contributed by atoms with Gasteiger partial charge in [0, 0.05) is 11.1 Å². The number of thiophene rings is 2. The van der Waals surface area contributed by atoms with Crippen LogP contribution in [0.4, 0.5) is 10.5 Å². The average Bonchev–Trinajstić information content (AvgIpc) is 3.53. The molecule has 1 N–H and O–H groups in total. The van der Waals surface area contributed by atoms with Crippen molar-refractivity contribution >= 4 is 52.0 Å². The summed E-state index contributed by atoms with van der Waals surface area (Å²) in [4.78, 5) is 25.5. The summed E-state index contributed by atoms with van der Waals surface area (Å²) in [5.41, 5.74) is 5.53. The second-order valence-electron chi connectivity index (χ2n) is 8.74. The van der Waals surface area contributed by atoms with Gasteiger partial charge in [0.2, 0.25) is 0 Å². The minimum atomic E-state index is -0.539. The van der Waals surface area contributed by atoms with Crippen LogP contribution in [0, 0.1) is 12.8 Å². The Kier molecular flexibility index (Phi) is 7.14. The molecule has 2 aromatic carbocycles. The highest BCUT2D eigenvalue weighted by Gasteiger charge is 2.31. The van der Waals surface area contributed by atoms with E-state index in [1.165, 1.54) is 11.3 Å². The Bertz CT molecular complexity index is 1410. The minimum absolute atomic E-state index is 0.0452. The molecule has 5 nitrogen and oxygen atoms in total. The summed E-state index contributed by atoms with van der Waals surface area (Å²) in [6.07, 6.45) is 0.908. The van der Waals surface area contributed by atoms with Crippen LogP contribution in [0.15, 0.2) is 65.4 Å². The van der Waals surface area contributed by atoms with Crippen molar-refractivity contribution in [2.45, 2.75) is 32.8 Å². The number of hydrogen-bond acceptors (Lipinski definition) is 6. The summed E-state index contributed by atoms with van der Waals surface area (Å²) < 4.78 is 11.7. The maximum absolute atomic E-state index is 12.7. The lowest BCUT2D eigenvalue weighted by molar-refractivity contribution is -0.135. The smallest absolute Gasteiger partial charge is 0.412 e. The van der Waals surface area contributed by atoms with Crippen LogP contribution < -0.4 is 10.1 Å². The van der Waals surface area contributed by atoms with E-state index in [2.05, 4.69) is 5.32 Å². The van der Waals surface area contributed by atoms with Crippen LogP contribution in [-0.4, -0.2) is 12.1 Å². The van der Waals surface area contributed by atoms with Gasteiger partial charge in [0.15, 0.2) is 0 Å². The van der Waals surface area contributed by atoms with Crippen molar-refractivity contribution in [1.29, 1.82) is 0 Å². The molecular weight excluding hydrogens is 514 g/mol. The molecule has 1 saturated carbocycles. The van der Waals surface area contributed by atoms with E-state index >= 15 is 0 Å². The van der Waals surface area contributed by atoms with E-state index in [0.29, 0.717) is 15.8 Å². The predicted molar refractivity (Wildman–Crippen MR) is 146 cm³/mol. The normalized spacial score (nSPS) is 13.8. The Morgan fingerprint density at radius 1 is 1.06 bits per heavy atom. The number of esters is 1. The van der Waals surface area contributed by atoms with Crippen LogP contribution in [0.3, 0.4) is 0 Å². The Labute approximate surface area is 222 Å². The molecule has 1 aliphatic rings. The molecule has 1 unspecified atom stereocenters. The van der Waals surface area contributed by atoms with Crippen molar-refractivity contribution in [3.05, 3.63) is 80.8 Å². The van der Waals surface area contributed by atoms with Crippen molar-refractivity contribution in [2.75, 3.05) is 5.32 Å². The molecular formula is C28H24ClNO4S2. The summed E-state index contributed by atoms with van der Waals surface area (Å²) >= 11 is 9.35. The van der Waals surface area contributed by atoms with Crippen LogP contribution in [0.2, 0.25) is 4.34 Å². The Morgan fingerprint density at radius 3 is 2.44 bits per heavy atom. The van der Waals surface area contributed by atoms with Gasteiger partial charge in [0.05, 0.1) is 20.8 Å². The van der Waals surface area contributed by atoms with Gasteiger partial charge in [0.1, 0.15) is 11.9 Å². The number of carbonyl (C=O) groups is 2. The topological polar surface area (TPSA) is 64.6 Å². The fraction of sp³-hybridized carbons (Fsp3) is 0.214. The quantitative estimate of drug-likeness (QED) is 0.189. The van der Waals surface area contributed by atoms with Crippen LogP contribution in [-0.2, 0) is 9.53 Å². The van der Waals surface area contributed by atoms with Gasteiger partial charge >= 0.3 is 12.1 Å². The van der Waals surface area contributed by atoms with Crippen molar-refractivity contribution < 1.29 is 19.1 Å². The van der Waals surface area contributed by atoms with E-state index in [1.807, 2.05) is 61.0 Å². The van der Waals surface area contributed by atoms with Crippen LogP contribution in [0.5, 0.6) is 5.75 Å². The molecule has 0 aliphatic heterocycles. The highest BCUT2D eigenvalue weighted by Crippen LogP contribution is 2.44. The number of nitrogens with one attached hydrogen (secondary N) is 1. The summed E-state index contributed by atoms with van der Waals surface area (Å²) in [5, 5.41) is 6.91. The maximum Gasteiger partial charge on any atom is 0.412 e. The molecule has 0 saturated heterocycles. The summed E-state index contributed by atoms with van der Waals surface area (Å²) in [6, 6.07) is 17.1. The first-order chi connectivity index (χ1) is 17.4. The second-order valence-corrected chi connectivity index (χ2v) is 11.2. The summed E-state index contributed by atoms with van der Waals surface area (Å²) in [5.74, 6) is 0.415. The number of benzene rings is 2. The molecule has 2 heterocycles. The molecule has 4 aromatic rings. The number of halogens is 1. The van der Waals surface area contributed by atoms with E-state index < -0.39 is 6.09 Å². The van der Waals surface area contributed by atoms with Crippen molar-refractivity contribution in [3.63, 3.8) is 0 Å². The molecule has 5 rings (SSSR count). The highest BCUT2D eigenvalue weighted by atomic mass is 35.5. The van der Waals surface area contributed by atoms with Crippen LogP contribution >= 0.6 is 34.3 Å². The molecule has 0 radical (unpaired) electrons. The van der Waals surface area contributed by atoms with E-state index in [0.717, 1.165) is 45.5 Å². The Morgan fingerprint density at radius 2 is 1.78 bits per heavy atom. The lowest BCUT2D eigenvalue weighted by Gasteiger charge is -2.15. The van der Waals surface area contributed by atoms with Crippen molar-refractivity contribution in [2.24, 2.45) is 5.92 Å². The number of ether oxygens (including phenoxy) is 2. The van der Waals surface area contributed by atoms with Crippen LogP contribution in [0.1, 0.15) is 37.0 Å². The molecule has 0 bridgehead atoms. The zero-order valence-corrected chi connectivity index (χ0v) is 22.1. The zero-order valence-electron chi connectivity index (χ0n) is 19.7. The van der Waals surface area contributed by atoms with Crippen molar-refractivity contribution in [1.82, 2.24) is 0 Å². The first-order valence-corrected chi connectivity index (χ1v) is 13.7. The van der Waals surface area contributed by atoms with E-state index in [-0.39, 0.29) is 18.0 Å². The molecule has 184 valence electrons. The zero-order chi connectivity index (χ0) is 25.2. The van der Waals surface area contributed by atoms with Gasteiger partial charge in [-0.15, -0.1) is 11.3 Å². The predicted octanol–water partition coefficient (Wildman–Crippen LogP) is 8.73. The fourth-order valence-corrected chi connectivity index (χ4v) is 6.11. The minimum Gasteiger partial charge on any atom is -0.441 e. The van der Waals surface area contributed by atoms with Gasteiger partial charge in [-0.3, -0.25) is 10.1 Å². The van der Waals surface area contributed by atoms with Gasteiger partial charge in [-0.05, 0) is 72.3 Å². The first-order valence-electron chi connectivity index (χ1n) is 11.6. The fourth-order valence-electron chi connectivity index (χ4n) is 3.96. The number of amides is 1. The van der Waals surface area contributed by atoms with Gasteiger partial charge < -0.3 is 9.47 Å². The van der Waals surface area contributed by atoms with E-state index in [4.69, 9.17) is 21.1 Å². The third kappa shape index (κ3) is 5.48. The summed E-state index contributed by atoms with van der Waals surface area (Å²) in [6.45, 7) is 3.86. The third-order valence-corrected chi connectivity index (χ3v) is 8.20. The monoisotopic (exact) mass is 537 g/mol. The van der Waals surface area contributed by atoms with Crippen LogP contribution in [0.25, 0.3) is 21.6 Å². The lowest BCUT2D eigenvalue weighted by atomic mass is 9.98. The molecule has 1 atom stereocenters. The van der Waals surface area contributed by atoms with Gasteiger partial charge in [0.25, 0.3) is 0 Å². The van der Waals surface area contributed by atoms with Gasteiger partial charge in [-0.25, -0.2) is 4.79 Å². The SMILES string of the molecule is Cc1cscc1C(C)OC(=O)Nc1cc(Cl)sc1-c1ccccc1-c1ccc(OC(=O)C2CC2)cc1. The molecule has 8 heteroatoms. The molecule has 1 fully saturated rings. The standard InChI is InChI=1S/C28H24ClNO4S2/c1-16-14-35-15-23(16)17(2)33-28(32)30-24-13-25(29)36-26(24)22-6-4-3-5-21(22)18-9-11-20(12-10-18)34-27(31)19-7-8-19/h3-6,9-15,17,19H,7-8H2,1-2H3,(H,30,32). The number of rotatable bonds is 7. The molecule has 2 aromatic heterocycles. The average molecular weight is 538 g/mol. The summed E-state index contributed by atoms with van der Waals surface area (Å²) in [7, 11) is 0. The molecule has 0 spiro atoms. The second kappa shape index (κ2) is 10.5. The van der Waals surface area contributed by atoms with Gasteiger partial charge in [-0.1, -0.05) is 48.0 Å². The number of carbonyl (C=O) groups excluding carboxylic acids is 2. The highest BCUT2D eigenvalue weighted by molar-refractivity contribution is 7.20. The molecule has 36 heavy (non-hydrogen) atoms. The van der Waals surface area contributed by atoms with Gasteiger partial charge in [-0.2, -0.15) is 11.3 Å². The first kappa shape index (κ1) is 24.6. The van der Waals surface area contributed by atoms with Crippen molar-refractivity contribution in [3.8, 4) is 27.3 Å². The van der Waals surface area contributed by atoms with E-state index in [1.54, 1.807) is 29.5 Å². The Balaban J connectivity index is 1.37. The van der Waals surface area contributed by atoms with E-state index in [9.17, 15) is 9.59 Å².